The summed E-state index contributed by atoms with van der Waals surface area (Å²) in [5, 5.41) is 8.91. The zero-order valence-electron chi connectivity index (χ0n) is 33.2. The van der Waals surface area contributed by atoms with Crippen LogP contribution in [-0.2, 0) is 21.7 Å². The van der Waals surface area contributed by atoms with E-state index in [0.717, 1.165) is 0 Å². The molecule has 0 unspecified atom stereocenters. The number of hydrogen-bond donors (Lipinski definition) is 0. The molecule has 0 saturated carbocycles. The molecule has 0 N–H and O–H groups in total. The minimum Gasteiger partial charge on any atom is -1.00 e. The second kappa shape index (κ2) is 19.1. The Bertz CT molecular complexity index is 1650. The fourth-order valence-electron chi connectivity index (χ4n) is 7.48. The number of rotatable bonds is 10. The number of fused-ring (bicyclic) bond motifs is 1. The van der Waals surface area contributed by atoms with Gasteiger partial charge < -0.3 is 37.2 Å². The summed E-state index contributed by atoms with van der Waals surface area (Å²) in [6, 6.07) is 34.9. The molecule has 0 radical (unpaired) electrons. The van der Waals surface area contributed by atoms with E-state index in [2.05, 4.69) is 175 Å². The third-order valence-electron chi connectivity index (χ3n) is 10.6. The summed E-state index contributed by atoms with van der Waals surface area (Å²) in [5.74, 6) is 2.66. The predicted molar refractivity (Wildman–Crippen MR) is 212 cm³/mol. The number of halogens is 3. The predicted octanol–water partition coefficient (Wildman–Crippen LogP) is 1.99. The first-order chi connectivity index (χ1) is 22.1. The van der Waals surface area contributed by atoms with Crippen molar-refractivity contribution in [3.8, 4) is 0 Å². The largest absolute Gasteiger partial charge is 4.00 e. The first-order valence-corrected chi connectivity index (χ1v) is 20.3. The summed E-state index contributed by atoms with van der Waals surface area (Å²) >= 11 is 0. The zero-order valence-corrected chi connectivity index (χ0v) is 38.0. The Hall–Kier alpha value is -1.71. The monoisotopic (exact) mass is 792 g/mol. The average Bonchev–Trinajstić information content (AvgIpc) is 3.36. The molecule has 0 spiro atoms. The van der Waals surface area contributed by atoms with Crippen LogP contribution in [0.15, 0.2) is 84.9 Å². The summed E-state index contributed by atoms with van der Waals surface area (Å²) in [4.78, 5) is 0. The molecule has 0 nitrogen and oxygen atoms in total. The summed E-state index contributed by atoms with van der Waals surface area (Å²) in [6.45, 7) is 30.7. The maximum Gasteiger partial charge on any atom is 4.00 e. The van der Waals surface area contributed by atoms with E-state index in [1.165, 1.54) is 65.3 Å². The molecule has 5 rings (SSSR count). The first-order valence-electron chi connectivity index (χ1n) is 18.3. The van der Waals surface area contributed by atoms with Crippen molar-refractivity contribution in [3.63, 3.8) is 0 Å². The van der Waals surface area contributed by atoms with Crippen LogP contribution in [0.3, 0.4) is 0 Å². The van der Waals surface area contributed by atoms with Crippen molar-refractivity contribution < 1.29 is 58.9 Å². The van der Waals surface area contributed by atoms with Gasteiger partial charge in [-0.1, -0.05) is 166 Å². The summed E-state index contributed by atoms with van der Waals surface area (Å²) in [6.07, 6.45) is 0. The Morgan fingerprint density at radius 3 is 0.961 bits per heavy atom. The normalized spacial score (nSPS) is 11.7. The molecule has 0 atom stereocenters. The van der Waals surface area contributed by atoms with Crippen LogP contribution >= 0.6 is 0 Å². The fourth-order valence-corrected chi connectivity index (χ4v) is 12.9. The van der Waals surface area contributed by atoms with E-state index in [9.17, 15) is 0 Å². The van der Waals surface area contributed by atoms with Crippen molar-refractivity contribution in [3.05, 3.63) is 124 Å². The second-order valence-electron chi connectivity index (χ2n) is 16.1. The molecule has 0 aliphatic carbocycles. The van der Waals surface area contributed by atoms with Crippen molar-refractivity contribution in [1.29, 1.82) is 0 Å². The van der Waals surface area contributed by atoms with Gasteiger partial charge in [0.2, 0.25) is 0 Å². The molecule has 0 bridgehead atoms. The van der Waals surface area contributed by atoms with Crippen LogP contribution in [-0.4, -0.2) is 8.07 Å². The maximum absolute atomic E-state index is 2.92. The van der Waals surface area contributed by atoms with E-state index < -0.39 is 8.07 Å². The van der Waals surface area contributed by atoms with Gasteiger partial charge in [0.15, 0.2) is 0 Å². The molecule has 0 amide bonds. The third kappa shape index (κ3) is 9.33. The van der Waals surface area contributed by atoms with Gasteiger partial charge in [-0.2, -0.15) is 6.07 Å². The van der Waals surface area contributed by atoms with Gasteiger partial charge >= 0.3 is 21.7 Å². The standard InChI is InChI=1S/C46H59Si.3ClH.Ti/c1-28(2)36-19-37(29(3)4)23-42(22-36)47(46-34(13)18-35-16-14-15-17-45(35)46,43-24-38(30(5)6)20-39(25-43)31(7)8)44-26-40(32(9)10)21-41(27-44)33(11)12;;;;/h14-33H,1-13H3;3*1H;/q-1;;;;+4/p-3. The number of hydrogen-bond acceptors (Lipinski definition) is 0. The molecule has 0 aliphatic rings. The van der Waals surface area contributed by atoms with Crippen LogP contribution in [0, 0.1) is 6.92 Å². The number of benzene rings is 4. The van der Waals surface area contributed by atoms with Crippen molar-refractivity contribution in [1.82, 2.24) is 0 Å². The molecule has 0 aromatic heterocycles. The van der Waals surface area contributed by atoms with Gasteiger partial charge in [-0.25, -0.2) is 0 Å². The molecular formula is C46H59Cl3SiTi. The van der Waals surface area contributed by atoms with E-state index in [1.807, 2.05) is 0 Å². The van der Waals surface area contributed by atoms with E-state index in [-0.39, 0.29) is 58.9 Å². The van der Waals surface area contributed by atoms with Crippen LogP contribution in [0.2, 0.25) is 0 Å². The molecule has 272 valence electrons. The Kier molecular flexibility index (Phi) is 17.7. The zero-order chi connectivity index (χ0) is 34.4. The van der Waals surface area contributed by atoms with Crippen molar-refractivity contribution in [2.24, 2.45) is 0 Å². The average molecular weight is 794 g/mol. The molecule has 0 aliphatic heterocycles. The van der Waals surface area contributed by atoms with E-state index in [4.69, 9.17) is 0 Å². The molecule has 5 aromatic carbocycles. The van der Waals surface area contributed by atoms with E-state index in [1.54, 1.807) is 5.19 Å². The van der Waals surface area contributed by atoms with Gasteiger partial charge in [-0.3, -0.25) is 0 Å². The van der Waals surface area contributed by atoms with Crippen LogP contribution in [0.5, 0.6) is 0 Å². The molecule has 5 heteroatoms. The number of aryl methyl sites for hydroxylation is 1. The Labute approximate surface area is 345 Å². The maximum atomic E-state index is 2.62. The topological polar surface area (TPSA) is 0 Å². The van der Waals surface area contributed by atoms with Crippen molar-refractivity contribution >= 4 is 39.6 Å². The van der Waals surface area contributed by atoms with Gasteiger partial charge in [0.25, 0.3) is 0 Å². The van der Waals surface area contributed by atoms with Crippen molar-refractivity contribution in [2.75, 3.05) is 0 Å². The SMILES string of the molecule is Cc1cc2ccccc2[c-]1[Si](c1cc(C(C)C)cc(C(C)C)c1)(c1cc(C(C)C)cc(C(C)C)c1)c1cc(C(C)C)cc(C(C)C)c1.[Cl-].[Cl-].[Cl-].[Ti+4]. The fraction of sp³-hybridized carbons (Fsp3) is 0.413. The second-order valence-corrected chi connectivity index (χ2v) is 19.9. The smallest absolute Gasteiger partial charge is 1.00 e. The van der Waals surface area contributed by atoms with Gasteiger partial charge in [-0.05, 0) is 68.9 Å². The molecular weight excluding hydrogens is 735 g/mol. The Morgan fingerprint density at radius 2 is 0.686 bits per heavy atom. The Morgan fingerprint density at radius 1 is 0.412 bits per heavy atom. The van der Waals surface area contributed by atoms with Gasteiger partial charge in [0.1, 0.15) is 8.07 Å². The van der Waals surface area contributed by atoms with Gasteiger partial charge in [0.05, 0.1) is 0 Å². The molecule has 51 heavy (non-hydrogen) atoms. The van der Waals surface area contributed by atoms with Crippen LogP contribution in [0.25, 0.3) is 10.8 Å². The van der Waals surface area contributed by atoms with E-state index in [0.29, 0.717) is 35.5 Å². The third-order valence-corrected chi connectivity index (χ3v) is 15.5. The summed E-state index contributed by atoms with van der Waals surface area (Å²) in [5.41, 5.74) is 10.1. The van der Waals surface area contributed by atoms with Crippen LogP contribution in [0.4, 0.5) is 0 Å². The minimum absolute atomic E-state index is 0. The molecule has 0 heterocycles. The molecule has 0 fully saturated rings. The molecule has 0 saturated heterocycles. The van der Waals surface area contributed by atoms with E-state index >= 15 is 0 Å². The summed E-state index contributed by atoms with van der Waals surface area (Å²) < 4.78 is 0. The quantitative estimate of drug-likeness (QED) is 0.116. The molecule has 5 aromatic rings. The summed E-state index contributed by atoms with van der Waals surface area (Å²) in [7, 11) is -2.92. The van der Waals surface area contributed by atoms with Gasteiger partial charge in [0, 0.05) is 0 Å². The van der Waals surface area contributed by atoms with Crippen LogP contribution < -0.4 is 58.0 Å². The first kappa shape index (κ1) is 47.3. The minimum atomic E-state index is -2.92. The Balaban J connectivity index is 0.00000325. The van der Waals surface area contributed by atoms with Crippen molar-refractivity contribution in [2.45, 2.75) is 126 Å². The van der Waals surface area contributed by atoms with Crippen LogP contribution in [0.1, 0.15) is 158 Å². The van der Waals surface area contributed by atoms with Gasteiger partial charge in [-0.15, -0.1) is 39.7 Å².